The summed E-state index contributed by atoms with van der Waals surface area (Å²) in [4.78, 5) is 22.7. The van der Waals surface area contributed by atoms with Crippen LogP contribution < -0.4 is 0 Å². The van der Waals surface area contributed by atoms with Crippen LogP contribution in [0.4, 0.5) is 0 Å². The predicted octanol–water partition coefficient (Wildman–Crippen LogP) is 1.09. The fourth-order valence-electron chi connectivity index (χ4n) is 1.09. The van der Waals surface area contributed by atoms with Crippen LogP contribution in [0, 0.1) is 0 Å². The maximum Gasteiger partial charge on any atom is 0.351 e. The molecular weight excluding hydrogens is 232 g/mol. The lowest BCUT2D eigenvalue weighted by Gasteiger charge is -2.07. The van der Waals surface area contributed by atoms with Crippen molar-refractivity contribution < 1.29 is 24.2 Å². The molecule has 0 aromatic rings. The fraction of sp³-hybridized carbons (Fsp3) is 0.300. The highest BCUT2D eigenvalue weighted by Gasteiger charge is 2.27. The van der Waals surface area contributed by atoms with E-state index < -0.39 is 22.4 Å². The summed E-state index contributed by atoms with van der Waals surface area (Å²) in [7, 11) is 1.26. The summed E-state index contributed by atoms with van der Waals surface area (Å²) in [6.07, 6.45) is 1.64. The number of aliphatic hydroxyl groups is 1. The lowest BCUT2D eigenvalue weighted by atomic mass is 10.3. The minimum Gasteiger partial charge on any atom is -0.502 e. The molecule has 0 aromatic carbocycles. The van der Waals surface area contributed by atoms with Gasteiger partial charge >= 0.3 is 11.9 Å². The summed E-state index contributed by atoms with van der Waals surface area (Å²) in [6, 6.07) is 0. The van der Waals surface area contributed by atoms with Crippen LogP contribution >= 0.6 is 10.5 Å². The second kappa shape index (κ2) is 4.98. The van der Waals surface area contributed by atoms with Gasteiger partial charge in [-0.15, -0.1) is 0 Å². The monoisotopic (exact) mass is 244 g/mol. The van der Waals surface area contributed by atoms with Gasteiger partial charge in [0, 0.05) is 0 Å². The van der Waals surface area contributed by atoms with Gasteiger partial charge < -0.3 is 14.6 Å². The Balaban J connectivity index is 3.32. The number of carbonyl (C=O) groups is 2. The Labute approximate surface area is 95.3 Å². The number of rotatable bonds is 2. The highest BCUT2D eigenvalue weighted by atomic mass is 32.2. The summed E-state index contributed by atoms with van der Waals surface area (Å²) >= 11 is 0. The van der Waals surface area contributed by atoms with E-state index in [0.29, 0.717) is 5.57 Å². The summed E-state index contributed by atoms with van der Waals surface area (Å²) in [6.45, 7) is 1.69. The molecule has 0 saturated carbocycles. The van der Waals surface area contributed by atoms with Gasteiger partial charge in [-0.05, 0) is 24.0 Å². The molecule has 1 aliphatic heterocycles. The molecule has 0 aliphatic carbocycles. The number of esters is 2. The highest BCUT2D eigenvalue weighted by Crippen LogP contribution is 2.35. The van der Waals surface area contributed by atoms with Gasteiger partial charge in [-0.25, -0.2) is 9.59 Å². The van der Waals surface area contributed by atoms with Crippen molar-refractivity contribution in [1.29, 1.82) is 0 Å². The van der Waals surface area contributed by atoms with Crippen LogP contribution in [0.15, 0.2) is 22.1 Å². The van der Waals surface area contributed by atoms with Gasteiger partial charge in [0.2, 0.25) is 0 Å². The zero-order chi connectivity index (χ0) is 12.3. The topological polar surface area (TPSA) is 72.8 Å². The molecule has 0 spiro atoms. The molecule has 0 aromatic heterocycles. The molecule has 1 rings (SSSR count). The first-order valence-corrected chi connectivity index (χ1v) is 5.66. The minimum absolute atomic E-state index is 0.00852. The van der Waals surface area contributed by atoms with Crippen molar-refractivity contribution in [3.8, 4) is 0 Å². The van der Waals surface area contributed by atoms with Gasteiger partial charge in [-0.3, -0.25) is 0 Å². The summed E-state index contributed by atoms with van der Waals surface area (Å²) in [5.41, 5.74) is 0.619. The van der Waals surface area contributed by atoms with Crippen LogP contribution in [0.25, 0.3) is 0 Å². The number of aliphatic hydroxyl groups excluding tert-OH is 1. The van der Waals surface area contributed by atoms with E-state index in [9.17, 15) is 14.7 Å². The van der Waals surface area contributed by atoms with Crippen LogP contribution in [-0.2, 0) is 19.1 Å². The van der Waals surface area contributed by atoms with Gasteiger partial charge in [0.05, 0.1) is 14.2 Å². The molecule has 0 radical (unpaired) electrons. The maximum absolute atomic E-state index is 11.4. The molecule has 1 aliphatic rings. The number of carbonyl (C=O) groups excluding carboxylic acids is 2. The van der Waals surface area contributed by atoms with Gasteiger partial charge in [0.25, 0.3) is 0 Å². The molecule has 1 N–H and O–H groups in total. The van der Waals surface area contributed by atoms with Gasteiger partial charge in [-0.1, -0.05) is 10.5 Å². The molecule has 6 heteroatoms. The van der Waals surface area contributed by atoms with Crippen molar-refractivity contribution >= 4 is 27.3 Å². The standard InChI is InChI=1S/C10H12O5S/c1-6-4-5-16(10(6)13)7(8(11)14-2)9(12)15-3/h4-5,13H,1-3H3. The van der Waals surface area contributed by atoms with Crippen LogP contribution in [0.1, 0.15) is 6.92 Å². The van der Waals surface area contributed by atoms with Gasteiger partial charge in [0.15, 0.2) is 9.96 Å². The maximum atomic E-state index is 11.4. The third kappa shape index (κ3) is 2.16. The van der Waals surface area contributed by atoms with E-state index in [1.807, 2.05) is 0 Å². The average molecular weight is 244 g/mol. The molecule has 1 heterocycles. The number of hydrogen-bond donors (Lipinski definition) is 1. The Morgan fingerprint density at radius 1 is 1.25 bits per heavy atom. The zero-order valence-electron chi connectivity index (χ0n) is 9.14. The lowest BCUT2D eigenvalue weighted by molar-refractivity contribution is -0.137. The van der Waals surface area contributed by atoms with Gasteiger partial charge in [-0.2, -0.15) is 0 Å². The Morgan fingerprint density at radius 2 is 1.75 bits per heavy atom. The summed E-state index contributed by atoms with van der Waals surface area (Å²) in [5, 5.41) is 11.3. The molecule has 0 saturated heterocycles. The van der Waals surface area contributed by atoms with E-state index >= 15 is 0 Å². The summed E-state index contributed by atoms with van der Waals surface area (Å²) in [5.74, 6) is -1.58. The van der Waals surface area contributed by atoms with E-state index in [0.717, 1.165) is 0 Å². The van der Waals surface area contributed by atoms with Crippen LogP contribution in [0.3, 0.4) is 0 Å². The molecule has 1 atom stereocenters. The van der Waals surface area contributed by atoms with Crippen molar-refractivity contribution in [1.82, 2.24) is 0 Å². The van der Waals surface area contributed by atoms with Crippen molar-refractivity contribution in [2.45, 2.75) is 6.92 Å². The van der Waals surface area contributed by atoms with Crippen molar-refractivity contribution in [3.63, 3.8) is 0 Å². The molecule has 88 valence electrons. The number of allylic oxidation sites excluding steroid dienone is 2. The largest absolute Gasteiger partial charge is 0.502 e. The second-order valence-corrected chi connectivity index (χ2v) is 4.68. The zero-order valence-corrected chi connectivity index (χ0v) is 9.96. The molecule has 16 heavy (non-hydrogen) atoms. The van der Waals surface area contributed by atoms with E-state index in [1.165, 1.54) is 14.2 Å². The number of ether oxygens (including phenoxy) is 2. The molecule has 5 nitrogen and oxygen atoms in total. The molecule has 0 bridgehead atoms. The molecule has 0 amide bonds. The van der Waals surface area contributed by atoms with Crippen molar-refractivity contribution in [2.24, 2.45) is 0 Å². The van der Waals surface area contributed by atoms with Crippen molar-refractivity contribution in [2.75, 3.05) is 14.2 Å². The summed E-state index contributed by atoms with van der Waals surface area (Å²) < 4.78 is 8.99. The first-order chi connectivity index (χ1) is 7.52. The predicted molar refractivity (Wildman–Crippen MR) is 61.1 cm³/mol. The SMILES string of the molecule is COC(=O)C(C(=O)OC)=S1C=CC(C)=C1O. The fourth-order valence-corrected chi connectivity index (χ4v) is 2.83. The van der Waals surface area contributed by atoms with Crippen LogP contribution in [-0.4, -0.2) is 36.1 Å². The number of hydrogen-bond acceptors (Lipinski definition) is 5. The molecule has 0 fully saturated rings. The quantitative estimate of drug-likeness (QED) is 0.447. The van der Waals surface area contributed by atoms with Crippen LogP contribution in [0.2, 0.25) is 0 Å². The molecule has 1 unspecified atom stereocenters. The lowest BCUT2D eigenvalue weighted by Crippen LogP contribution is -2.26. The van der Waals surface area contributed by atoms with E-state index in [2.05, 4.69) is 9.47 Å². The van der Waals surface area contributed by atoms with E-state index in [1.54, 1.807) is 18.4 Å². The Hall–Kier alpha value is -1.56. The van der Waals surface area contributed by atoms with E-state index in [-0.39, 0.29) is 9.96 Å². The first-order valence-electron chi connectivity index (χ1n) is 4.37. The Kier molecular flexibility index (Phi) is 3.89. The third-order valence-electron chi connectivity index (χ3n) is 1.96. The number of methoxy groups -OCH3 is 2. The minimum atomic E-state index is -1.08. The Morgan fingerprint density at radius 3 is 2.06 bits per heavy atom. The normalized spacial score (nSPS) is 18.6. The van der Waals surface area contributed by atoms with Gasteiger partial charge in [0.1, 0.15) is 0 Å². The third-order valence-corrected chi connectivity index (χ3v) is 3.88. The highest BCUT2D eigenvalue weighted by molar-refractivity contribution is 8.23. The average Bonchev–Trinajstić information content (AvgIpc) is 2.60. The molecular formula is C10H12O5S. The Bertz CT molecular complexity index is 412. The van der Waals surface area contributed by atoms with Crippen LogP contribution in [0.5, 0.6) is 0 Å². The van der Waals surface area contributed by atoms with E-state index in [4.69, 9.17) is 0 Å². The smallest absolute Gasteiger partial charge is 0.351 e. The second-order valence-electron chi connectivity index (χ2n) is 2.94. The first kappa shape index (κ1) is 12.5. The van der Waals surface area contributed by atoms with Crippen molar-refractivity contribution in [3.05, 3.63) is 22.1 Å².